The van der Waals surface area contributed by atoms with Gasteiger partial charge < -0.3 is 14.2 Å². The number of nitrogens with zero attached hydrogens (tertiary/aromatic N) is 6. The first-order valence-electron chi connectivity index (χ1n) is 11.1. The summed E-state index contributed by atoms with van der Waals surface area (Å²) in [6, 6.07) is 13.6. The number of rotatable bonds is 5. The van der Waals surface area contributed by atoms with E-state index in [2.05, 4.69) is 15.1 Å². The Kier molecular flexibility index (Phi) is 6.27. The predicted molar refractivity (Wildman–Crippen MR) is 126 cm³/mol. The van der Waals surface area contributed by atoms with Crippen LogP contribution in [0.25, 0.3) is 11.3 Å². The number of aromatic nitrogens is 5. The van der Waals surface area contributed by atoms with Crippen LogP contribution in [0.2, 0.25) is 0 Å². The molecule has 0 radical (unpaired) electrons. The highest BCUT2D eigenvalue weighted by Crippen LogP contribution is 2.22. The fourth-order valence-corrected chi connectivity index (χ4v) is 3.89. The van der Waals surface area contributed by atoms with E-state index in [9.17, 15) is 14.4 Å². The molecule has 1 amide bonds. The maximum absolute atomic E-state index is 13.4. The quantitative estimate of drug-likeness (QED) is 0.436. The first kappa shape index (κ1) is 22.4. The van der Waals surface area contributed by atoms with E-state index >= 15 is 0 Å². The molecule has 0 N–H and O–H groups in total. The Morgan fingerprint density at radius 3 is 2.40 bits per heavy atom. The van der Waals surface area contributed by atoms with Crippen molar-refractivity contribution in [2.24, 2.45) is 0 Å². The minimum Gasteiger partial charge on any atom is -0.378 e. The van der Waals surface area contributed by atoms with Crippen LogP contribution in [0.1, 0.15) is 26.5 Å². The molecule has 1 aliphatic rings. The van der Waals surface area contributed by atoms with Gasteiger partial charge in [0.05, 0.1) is 30.9 Å². The summed E-state index contributed by atoms with van der Waals surface area (Å²) >= 11 is 0. The lowest BCUT2D eigenvalue weighted by molar-refractivity contribution is 0.0303. The summed E-state index contributed by atoms with van der Waals surface area (Å²) in [6.07, 6.45) is 6.23. The summed E-state index contributed by atoms with van der Waals surface area (Å²) in [6.45, 7) is 1.84. The molecule has 0 spiro atoms. The van der Waals surface area contributed by atoms with E-state index < -0.39 is 5.91 Å². The van der Waals surface area contributed by atoms with Crippen molar-refractivity contribution < 1.29 is 14.3 Å². The predicted octanol–water partition coefficient (Wildman–Crippen LogP) is 1.71. The summed E-state index contributed by atoms with van der Waals surface area (Å²) < 4.78 is 7.93. The first-order valence-corrected chi connectivity index (χ1v) is 11.1. The zero-order chi connectivity index (χ0) is 24.2. The molecule has 1 fully saturated rings. The second-order valence-electron chi connectivity index (χ2n) is 7.93. The summed E-state index contributed by atoms with van der Waals surface area (Å²) in [7, 11) is 0. The zero-order valence-electron chi connectivity index (χ0n) is 18.8. The second kappa shape index (κ2) is 9.82. The van der Waals surface area contributed by atoms with E-state index in [4.69, 9.17) is 4.74 Å². The molecule has 1 saturated heterocycles. The zero-order valence-corrected chi connectivity index (χ0v) is 18.8. The van der Waals surface area contributed by atoms with Crippen LogP contribution < -0.4 is 5.56 Å². The number of hydrogen-bond donors (Lipinski definition) is 0. The molecule has 0 bridgehead atoms. The maximum Gasteiger partial charge on any atom is 0.278 e. The van der Waals surface area contributed by atoms with Gasteiger partial charge in [0.2, 0.25) is 0 Å². The molecule has 0 atom stereocenters. The van der Waals surface area contributed by atoms with Gasteiger partial charge >= 0.3 is 0 Å². The van der Waals surface area contributed by atoms with Gasteiger partial charge in [-0.1, -0.05) is 18.2 Å². The molecule has 10 nitrogen and oxygen atoms in total. The molecule has 4 aromatic rings. The van der Waals surface area contributed by atoms with E-state index in [0.717, 1.165) is 4.68 Å². The Balaban J connectivity index is 1.58. The van der Waals surface area contributed by atoms with Gasteiger partial charge in [-0.2, -0.15) is 5.10 Å². The third-order valence-corrected chi connectivity index (χ3v) is 5.68. The van der Waals surface area contributed by atoms with Crippen molar-refractivity contribution in [1.29, 1.82) is 0 Å². The Labute approximate surface area is 200 Å². The van der Waals surface area contributed by atoms with Gasteiger partial charge in [0.1, 0.15) is 11.5 Å². The van der Waals surface area contributed by atoms with E-state index in [1.54, 1.807) is 66.0 Å². The van der Waals surface area contributed by atoms with Crippen LogP contribution in [0.15, 0.2) is 78.1 Å². The van der Waals surface area contributed by atoms with Crippen molar-refractivity contribution >= 4 is 11.8 Å². The van der Waals surface area contributed by atoms with Crippen molar-refractivity contribution in [2.45, 2.75) is 6.54 Å². The topological polar surface area (TPSA) is 112 Å². The Hall–Kier alpha value is -4.44. The number of carbonyl (C=O) groups is 2. The molecule has 0 saturated carbocycles. The molecule has 0 aliphatic carbocycles. The van der Waals surface area contributed by atoms with Crippen LogP contribution in [-0.4, -0.2) is 67.3 Å². The molecule has 35 heavy (non-hydrogen) atoms. The molecule has 176 valence electrons. The summed E-state index contributed by atoms with van der Waals surface area (Å²) in [5.74, 6) is -0.237. The number of benzene rings is 1. The molecule has 1 aromatic carbocycles. The van der Waals surface area contributed by atoms with Gasteiger partial charge in [-0.15, -0.1) is 0 Å². The molecule has 0 unspecified atom stereocenters. The van der Waals surface area contributed by atoms with Gasteiger partial charge in [0.15, 0.2) is 0 Å². The summed E-state index contributed by atoms with van der Waals surface area (Å²) in [5.41, 5.74) is 0.591. The summed E-state index contributed by atoms with van der Waals surface area (Å²) in [5, 5.41) is 4.43. The molecular formula is C25H22N6O4. The van der Waals surface area contributed by atoms with E-state index in [-0.39, 0.29) is 34.8 Å². The largest absolute Gasteiger partial charge is 0.378 e. The van der Waals surface area contributed by atoms with Gasteiger partial charge in [-0.3, -0.25) is 14.4 Å². The van der Waals surface area contributed by atoms with Crippen LogP contribution in [0.3, 0.4) is 0 Å². The van der Waals surface area contributed by atoms with Crippen molar-refractivity contribution in [3.8, 4) is 11.3 Å². The molecular weight excluding hydrogens is 448 g/mol. The lowest BCUT2D eigenvalue weighted by atomic mass is 10.1. The normalized spacial score (nSPS) is 13.5. The number of morpholine rings is 1. The van der Waals surface area contributed by atoms with Crippen LogP contribution in [0, 0.1) is 0 Å². The lowest BCUT2D eigenvalue weighted by Gasteiger charge is -2.26. The molecule has 4 heterocycles. The fraction of sp³-hybridized carbons (Fsp3) is 0.200. The minimum absolute atomic E-state index is 0.152. The molecule has 10 heteroatoms. The highest BCUT2D eigenvalue weighted by atomic mass is 16.5. The smallest absolute Gasteiger partial charge is 0.278 e. The first-order chi connectivity index (χ1) is 17.1. The van der Waals surface area contributed by atoms with Gasteiger partial charge in [-0.05, 0) is 30.3 Å². The van der Waals surface area contributed by atoms with E-state index in [0.29, 0.717) is 37.7 Å². The van der Waals surface area contributed by atoms with Crippen molar-refractivity contribution in [3.63, 3.8) is 0 Å². The van der Waals surface area contributed by atoms with Crippen molar-refractivity contribution in [3.05, 3.63) is 101 Å². The Morgan fingerprint density at radius 1 is 0.914 bits per heavy atom. The number of carbonyl (C=O) groups excluding carboxylic acids is 2. The van der Waals surface area contributed by atoms with Gasteiger partial charge in [-0.25, -0.2) is 14.6 Å². The molecule has 3 aromatic heterocycles. The Bertz CT molecular complexity index is 1410. The third kappa shape index (κ3) is 4.64. The lowest BCUT2D eigenvalue weighted by Crippen LogP contribution is -2.40. The number of pyridine rings is 1. The second-order valence-corrected chi connectivity index (χ2v) is 7.93. The minimum atomic E-state index is -0.401. The van der Waals surface area contributed by atoms with Crippen LogP contribution in [0.4, 0.5) is 0 Å². The average Bonchev–Trinajstić information content (AvgIpc) is 3.36. The molecule has 1 aliphatic heterocycles. The van der Waals surface area contributed by atoms with Gasteiger partial charge in [0, 0.05) is 43.4 Å². The SMILES string of the molecule is O=C(c1cn(C(=O)c2ccccc2)nc1-c1cccn(Cc2ncccn2)c1=O)N1CCOCC1. The standard InChI is InChI=1S/C25H22N6O4/c32-23(18-6-2-1-3-7-18)31-16-20(25(34)29-12-14-35-15-13-29)22(28-31)19-8-4-11-30(24(19)33)17-21-26-9-5-10-27-21/h1-11,16H,12-15,17H2. The Morgan fingerprint density at radius 2 is 1.66 bits per heavy atom. The number of hydrogen-bond acceptors (Lipinski definition) is 7. The van der Waals surface area contributed by atoms with Crippen LogP contribution >= 0.6 is 0 Å². The van der Waals surface area contributed by atoms with E-state index in [1.165, 1.54) is 10.8 Å². The van der Waals surface area contributed by atoms with Crippen molar-refractivity contribution in [2.75, 3.05) is 26.3 Å². The number of amides is 1. The van der Waals surface area contributed by atoms with Crippen LogP contribution in [0.5, 0.6) is 0 Å². The highest BCUT2D eigenvalue weighted by Gasteiger charge is 2.27. The average molecular weight is 470 g/mol. The van der Waals surface area contributed by atoms with Crippen molar-refractivity contribution in [1.82, 2.24) is 29.2 Å². The molecule has 5 rings (SSSR count). The fourth-order valence-electron chi connectivity index (χ4n) is 3.89. The third-order valence-electron chi connectivity index (χ3n) is 5.68. The van der Waals surface area contributed by atoms with E-state index in [1.807, 2.05) is 6.07 Å². The monoisotopic (exact) mass is 470 g/mol. The van der Waals surface area contributed by atoms with Gasteiger partial charge in [0.25, 0.3) is 17.4 Å². The highest BCUT2D eigenvalue weighted by molar-refractivity contribution is 6.02. The number of ether oxygens (including phenoxy) is 1. The summed E-state index contributed by atoms with van der Waals surface area (Å²) in [4.78, 5) is 49.9. The maximum atomic E-state index is 13.4. The van der Waals surface area contributed by atoms with Crippen LogP contribution in [-0.2, 0) is 11.3 Å².